The molecule has 0 unspecified atom stereocenters. The largest absolute Gasteiger partial charge is 0.497 e. The summed E-state index contributed by atoms with van der Waals surface area (Å²) in [4.78, 5) is 5.00. The molecule has 0 amide bonds. The third-order valence-corrected chi connectivity index (χ3v) is 4.80. The van der Waals surface area contributed by atoms with Crippen LogP contribution in [0.5, 0.6) is 5.75 Å². The molecule has 1 aliphatic heterocycles. The Bertz CT molecular complexity index is 627. The van der Waals surface area contributed by atoms with Gasteiger partial charge in [-0.3, -0.25) is 0 Å². The van der Waals surface area contributed by atoms with Crippen LogP contribution in [0.2, 0.25) is 0 Å². The first-order chi connectivity index (χ1) is 10.7. The van der Waals surface area contributed by atoms with Crippen LogP contribution in [0, 0.1) is 0 Å². The van der Waals surface area contributed by atoms with Gasteiger partial charge in [-0.05, 0) is 44.1 Å². The predicted molar refractivity (Wildman–Crippen MR) is 91.7 cm³/mol. The Hall–Kier alpha value is -1.52. The number of fused-ring (bicyclic) bond motifs is 1. The van der Waals surface area contributed by atoms with Crippen molar-refractivity contribution in [2.24, 2.45) is 7.05 Å². The van der Waals surface area contributed by atoms with E-state index in [1.807, 2.05) is 0 Å². The number of piperazine rings is 1. The first-order valence-corrected chi connectivity index (χ1v) is 8.20. The van der Waals surface area contributed by atoms with Crippen molar-refractivity contribution < 1.29 is 4.74 Å². The van der Waals surface area contributed by atoms with Gasteiger partial charge in [-0.15, -0.1) is 0 Å². The van der Waals surface area contributed by atoms with E-state index in [2.05, 4.69) is 52.9 Å². The maximum atomic E-state index is 5.33. The Kier molecular flexibility index (Phi) is 4.69. The van der Waals surface area contributed by atoms with Crippen LogP contribution >= 0.6 is 0 Å². The minimum Gasteiger partial charge on any atom is -0.497 e. The standard InChI is InChI=1S/C18H27N3O/c1-19-9-11-21(12-10-19)8-4-5-15-14-20(2)18-13-16(22-3)6-7-17(15)18/h6-7,13-14H,4-5,8-12H2,1-3H3. The van der Waals surface area contributed by atoms with E-state index >= 15 is 0 Å². The summed E-state index contributed by atoms with van der Waals surface area (Å²) in [7, 11) is 6.05. The Balaban J connectivity index is 1.62. The second kappa shape index (κ2) is 6.71. The van der Waals surface area contributed by atoms with E-state index in [4.69, 9.17) is 4.74 Å². The zero-order valence-electron chi connectivity index (χ0n) is 14.0. The van der Waals surface area contributed by atoms with Crippen LogP contribution in [0.25, 0.3) is 10.9 Å². The number of ether oxygens (including phenoxy) is 1. The van der Waals surface area contributed by atoms with Crippen LogP contribution in [0.4, 0.5) is 0 Å². The summed E-state index contributed by atoms with van der Waals surface area (Å²) in [6, 6.07) is 6.38. The quantitative estimate of drug-likeness (QED) is 0.846. The zero-order valence-corrected chi connectivity index (χ0v) is 14.0. The summed E-state index contributed by atoms with van der Waals surface area (Å²) >= 11 is 0. The van der Waals surface area contributed by atoms with Crippen molar-refractivity contribution in [3.63, 3.8) is 0 Å². The predicted octanol–water partition coefficient (Wildman–Crippen LogP) is 2.37. The molecule has 4 heteroatoms. The molecule has 0 bridgehead atoms. The van der Waals surface area contributed by atoms with Gasteiger partial charge < -0.3 is 19.1 Å². The molecule has 120 valence electrons. The fraction of sp³-hybridized carbons (Fsp3) is 0.556. The second-order valence-corrected chi connectivity index (χ2v) is 6.40. The SMILES string of the molecule is COc1ccc2c(CCCN3CCN(C)CC3)cn(C)c2c1. The van der Waals surface area contributed by atoms with Crippen molar-refractivity contribution >= 4 is 10.9 Å². The molecular weight excluding hydrogens is 274 g/mol. The van der Waals surface area contributed by atoms with Crippen molar-refractivity contribution in [1.82, 2.24) is 14.4 Å². The van der Waals surface area contributed by atoms with Crippen LogP contribution < -0.4 is 4.74 Å². The maximum absolute atomic E-state index is 5.33. The van der Waals surface area contributed by atoms with Gasteiger partial charge in [-0.1, -0.05) is 0 Å². The van der Waals surface area contributed by atoms with Crippen molar-refractivity contribution in [2.75, 3.05) is 46.9 Å². The molecule has 1 aromatic carbocycles. The van der Waals surface area contributed by atoms with E-state index in [0.29, 0.717) is 0 Å². The fourth-order valence-corrected chi connectivity index (χ4v) is 3.34. The topological polar surface area (TPSA) is 20.6 Å². The molecule has 0 spiro atoms. The average molecular weight is 301 g/mol. The van der Waals surface area contributed by atoms with Gasteiger partial charge in [0, 0.05) is 50.9 Å². The van der Waals surface area contributed by atoms with Gasteiger partial charge in [0.25, 0.3) is 0 Å². The molecule has 1 aliphatic rings. The number of aryl methyl sites for hydroxylation is 2. The van der Waals surface area contributed by atoms with E-state index in [1.54, 1.807) is 7.11 Å². The molecule has 4 nitrogen and oxygen atoms in total. The molecule has 2 aromatic rings. The molecule has 1 saturated heterocycles. The monoisotopic (exact) mass is 301 g/mol. The number of methoxy groups -OCH3 is 1. The van der Waals surface area contributed by atoms with Crippen LogP contribution in [-0.4, -0.2) is 61.2 Å². The summed E-state index contributed by atoms with van der Waals surface area (Å²) in [5, 5.41) is 1.36. The third kappa shape index (κ3) is 3.28. The molecule has 0 atom stereocenters. The molecule has 22 heavy (non-hydrogen) atoms. The highest BCUT2D eigenvalue weighted by Crippen LogP contribution is 2.26. The number of nitrogens with zero attached hydrogens (tertiary/aromatic N) is 3. The van der Waals surface area contributed by atoms with Gasteiger partial charge >= 0.3 is 0 Å². The third-order valence-electron chi connectivity index (χ3n) is 4.80. The fourth-order valence-electron chi connectivity index (χ4n) is 3.34. The molecule has 0 N–H and O–H groups in total. The minimum atomic E-state index is 0.928. The Morgan fingerprint density at radius 1 is 1.09 bits per heavy atom. The van der Waals surface area contributed by atoms with Crippen molar-refractivity contribution in [1.29, 1.82) is 0 Å². The van der Waals surface area contributed by atoms with E-state index < -0.39 is 0 Å². The lowest BCUT2D eigenvalue weighted by molar-refractivity contribution is 0.153. The number of benzene rings is 1. The van der Waals surface area contributed by atoms with E-state index in [-0.39, 0.29) is 0 Å². The van der Waals surface area contributed by atoms with E-state index in [9.17, 15) is 0 Å². The van der Waals surface area contributed by atoms with Crippen molar-refractivity contribution in [3.05, 3.63) is 30.0 Å². The van der Waals surface area contributed by atoms with Crippen LogP contribution in [-0.2, 0) is 13.5 Å². The molecule has 1 fully saturated rings. The molecule has 0 saturated carbocycles. The highest BCUT2D eigenvalue weighted by atomic mass is 16.5. The van der Waals surface area contributed by atoms with Gasteiger partial charge in [0.1, 0.15) is 5.75 Å². The summed E-state index contributed by atoms with van der Waals surface area (Å²) < 4.78 is 7.54. The Labute approximate surface area is 133 Å². The van der Waals surface area contributed by atoms with Crippen LogP contribution in [0.1, 0.15) is 12.0 Å². The van der Waals surface area contributed by atoms with E-state index in [0.717, 1.165) is 12.2 Å². The minimum absolute atomic E-state index is 0.928. The zero-order chi connectivity index (χ0) is 15.5. The van der Waals surface area contributed by atoms with E-state index in [1.165, 1.54) is 55.6 Å². The number of rotatable bonds is 5. The van der Waals surface area contributed by atoms with Gasteiger partial charge in [0.05, 0.1) is 12.6 Å². The molecule has 0 aliphatic carbocycles. The van der Waals surface area contributed by atoms with Crippen molar-refractivity contribution in [2.45, 2.75) is 12.8 Å². The number of aromatic nitrogens is 1. The van der Waals surface area contributed by atoms with Gasteiger partial charge in [-0.25, -0.2) is 0 Å². The summed E-state index contributed by atoms with van der Waals surface area (Å²) in [5.41, 5.74) is 2.71. The first kappa shape index (κ1) is 15.4. The van der Waals surface area contributed by atoms with Crippen LogP contribution in [0.3, 0.4) is 0 Å². The molecule has 3 rings (SSSR count). The lowest BCUT2D eigenvalue weighted by atomic mass is 10.1. The van der Waals surface area contributed by atoms with Gasteiger partial charge in [0.15, 0.2) is 0 Å². The van der Waals surface area contributed by atoms with Crippen LogP contribution in [0.15, 0.2) is 24.4 Å². The smallest absolute Gasteiger partial charge is 0.120 e. The van der Waals surface area contributed by atoms with Gasteiger partial charge in [-0.2, -0.15) is 0 Å². The lowest BCUT2D eigenvalue weighted by Crippen LogP contribution is -2.44. The summed E-state index contributed by atoms with van der Waals surface area (Å²) in [6.07, 6.45) is 4.65. The number of hydrogen-bond donors (Lipinski definition) is 0. The maximum Gasteiger partial charge on any atom is 0.120 e. The highest BCUT2D eigenvalue weighted by Gasteiger charge is 2.13. The normalized spacial score (nSPS) is 17.2. The Morgan fingerprint density at radius 3 is 2.59 bits per heavy atom. The summed E-state index contributed by atoms with van der Waals surface area (Å²) in [6.45, 7) is 6.04. The Morgan fingerprint density at radius 2 is 1.86 bits per heavy atom. The van der Waals surface area contributed by atoms with Crippen molar-refractivity contribution in [3.8, 4) is 5.75 Å². The average Bonchev–Trinajstić information content (AvgIpc) is 2.85. The second-order valence-electron chi connectivity index (χ2n) is 6.40. The first-order valence-electron chi connectivity index (χ1n) is 8.20. The summed E-state index contributed by atoms with van der Waals surface area (Å²) in [5.74, 6) is 0.928. The van der Waals surface area contributed by atoms with Gasteiger partial charge in [0.2, 0.25) is 0 Å². The molecular formula is C18H27N3O. The highest BCUT2D eigenvalue weighted by molar-refractivity contribution is 5.85. The number of hydrogen-bond acceptors (Lipinski definition) is 3. The lowest BCUT2D eigenvalue weighted by Gasteiger charge is -2.32. The molecule has 2 heterocycles. The molecule has 0 radical (unpaired) electrons. The molecule has 1 aromatic heterocycles. The number of likely N-dealkylation sites (N-methyl/N-ethyl adjacent to an activating group) is 1.